The molecule has 5 nitrogen and oxygen atoms in total. The van der Waals surface area contributed by atoms with Gasteiger partial charge >= 0.3 is 0 Å². The third-order valence-corrected chi connectivity index (χ3v) is 4.15. The van der Waals surface area contributed by atoms with E-state index in [1.165, 1.54) is 0 Å². The molecule has 2 heterocycles. The van der Waals surface area contributed by atoms with E-state index in [1.54, 1.807) is 0 Å². The molecule has 0 bridgehead atoms. The van der Waals surface area contributed by atoms with Crippen LogP contribution >= 0.6 is 0 Å². The summed E-state index contributed by atoms with van der Waals surface area (Å²) in [6.07, 6.45) is 0.357. The molecule has 1 aromatic carbocycles. The Bertz CT molecular complexity index is 593. The fourth-order valence-electron chi connectivity index (χ4n) is 2.83. The summed E-state index contributed by atoms with van der Waals surface area (Å²) in [5.74, 6) is 0.921. The fourth-order valence-corrected chi connectivity index (χ4v) is 2.83. The van der Waals surface area contributed by atoms with Crippen LogP contribution in [0.15, 0.2) is 24.3 Å². The van der Waals surface area contributed by atoms with Crippen LogP contribution < -0.4 is 0 Å². The van der Waals surface area contributed by atoms with Crippen LogP contribution in [0.4, 0.5) is 0 Å². The lowest BCUT2D eigenvalue weighted by Crippen LogP contribution is -2.51. The second kappa shape index (κ2) is 5.85. The molecule has 1 aliphatic rings. The number of rotatable bonds is 3. The highest BCUT2D eigenvalue weighted by Gasteiger charge is 2.23. The summed E-state index contributed by atoms with van der Waals surface area (Å²) in [6, 6.07) is 8.42. The molecule has 112 valence electrons. The Hall–Kier alpha value is -1.88. The molecule has 1 aromatic heterocycles. The van der Waals surface area contributed by atoms with Crippen molar-refractivity contribution in [3.8, 4) is 0 Å². The summed E-state index contributed by atoms with van der Waals surface area (Å²) in [5.41, 5.74) is 1.91. The normalized spacial score (nSPS) is 16.8. The van der Waals surface area contributed by atoms with Gasteiger partial charge in [0, 0.05) is 32.2 Å². The Labute approximate surface area is 125 Å². The molecule has 0 unspecified atom stereocenters. The molecule has 0 saturated carbocycles. The maximum atomic E-state index is 12.4. The number of fused-ring (bicyclic) bond motifs is 1. The number of amides is 1. The van der Waals surface area contributed by atoms with Gasteiger partial charge in [0.2, 0.25) is 5.91 Å². The Morgan fingerprint density at radius 2 is 1.95 bits per heavy atom. The number of piperazine rings is 1. The summed E-state index contributed by atoms with van der Waals surface area (Å²) in [6.45, 7) is 7.96. The van der Waals surface area contributed by atoms with Crippen molar-refractivity contribution in [1.82, 2.24) is 19.8 Å². The van der Waals surface area contributed by atoms with Crippen LogP contribution in [0.3, 0.4) is 0 Å². The fraction of sp³-hybridized carbons (Fsp3) is 0.500. The Kier molecular flexibility index (Phi) is 3.92. The highest BCUT2D eigenvalue weighted by Crippen LogP contribution is 2.12. The number of aromatic nitrogens is 2. The molecule has 2 aromatic rings. The molecule has 0 radical (unpaired) electrons. The molecule has 0 spiro atoms. The number of carbonyl (C=O) groups excluding carboxylic acids is 1. The topological polar surface area (TPSA) is 52.2 Å². The molecular weight excluding hydrogens is 264 g/mol. The summed E-state index contributed by atoms with van der Waals surface area (Å²) < 4.78 is 0. The summed E-state index contributed by atoms with van der Waals surface area (Å²) in [4.78, 5) is 24.4. The summed E-state index contributed by atoms with van der Waals surface area (Å²) in [7, 11) is 0. The lowest BCUT2D eigenvalue weighted by Gasteiger charge is -2.36. The van der Waals surface area contributed by atoms with Gasteiger partial charge in [0.15, 0.2) is 0 Å². The molecule has 21 heavy (non-hydrogen) atoms. The SMILES string of the molecule is CC(C)N1CCN(C(=O)Cc2nc3ccccc3[nH]2)CC1. The van der Waals surface area contributed by atoms with E-state index in [0.717, 1.165) is 43.0 Å². The van der Waals surface area contributed by atoms with Gasteiger partial charge in [-0.2, -0.15) is 0 Å². The van der Waals surface area contributed by atoms with Gasteiger partial charge in [-0.25, -0.2) is 4.98 Å². The smallest absolute Gasteiger partial charge is 0.230 e. The third-order valence-electron chi connectivity index (χ3n) is 4.15. The Morgan fingerprint density at radius 3 is 2.62 bits per heavy atom. The minimum absolute atomic E-state index is 0.164. The predicted octanol–water partition coefficient (Wildman–Crippen LogP) is 1.66. The van der Waals surface area contributed by atoms with E-state index in [4.69, 9.17) is 0 Å². The Morgan fingerprint density at radius 1 is 1.24 bits per heavy atom. The number of aromatic amines is 1. The Balaban J connectivity index is 1.61. The second-order valence-electron chi connectivity index (χ2n) is 5.89. The number of para-hydroxylation sites is 2. The van der Waals surface area contributed by atoms with Crippen LogP contribution in [0.5, 0.6) is 0 Å². The molecule has 3 rings (SSSR count). The van der Waals surface area contributed by atoms with Crippen LogP contribution in [-0.2, 0) is 11.2 Å². The van der Waals surface area contributed by atoms with Gasteiger partial charge in [-0.05, 0) is 26.0 Å². The molecule has 1 fully saturated rings. The van der Waals surface area contributed by atoms with Gasteiger partial charge in [-0.15, -0.1) is 0 Å². The number of carbonyl (C=O) groups is 1. The molecule has 1 saturated heterocycles. The van der Waals surface area contributed by atoms with Crippen LogP contribution in [-0.4, -0.2) is 57.9 Å². The predicted molar refractivity (Wildman–Crippen MR) is 83.1 cm³/mol. The maximum absolute atomic E-state index is 12.4. The van der Waals surface area contributed by atoms with E-state index in [0.29, 0.717) is 12.5 Å². The number of nitrogens with one attached hydrogen (secondary N) is 1. The molecule has 0 aliphatic carbocycles. The van der Waals surface area contributed by atoms with Gasteiger partial charge in [-0.1, -0.05) is 12.1 Å². The van der Waals surface area contributed by atoms with Crippen LogP contribution in [0.25, 0.3) is 11.0 Å². The van der Waals surface area contributed by atoms with E-state index in [9.17, 15) is 4.79 Å². The first-order chi connectivity index (χ1) is 10.1. The van der Waals surface area contributed by atoms with Gasteiger partial charge in [0.25, 0.3) is 0 Å². The zero-order valence-electron chi connectivity index (χ0n) is 12.7. The number of H-pyrrole nitrogens is 1. The van der Waals surface area contributed by atoms with E-state index in [1.807, 2.05) is 29.2 Å². The van der Waals surface area contributed by atoms with Crippen molar-refractivity contribution in [2.75, 3.05) is 26.2 Å². The lowest BCUT2D eigenvalue weighted by molar-refractivity contribution is -0.132. The molecule has 0 atom stereocenters. The molecule has 1 aliphatic heterocycles. The van der Waals surface area contributed by atoms with Gasteiger partial charge < -0.3 is 9.88 Å². The monoisotopic (exact) mass is 286 g/mol. The van der Waals surface area contributed by atoms with E-state index in [2.05, 4.69) is 28.7 Å². The van der Waals surface area contributed by atoms with E-state index < -0.39 is 0 Å². The van der Waals surface area contributed by atoms with E-state index in [-0.39, 0.29) is 5.91 Å². The summed E-state index contributed by atoms with van der Waals surface area (Å²) in [5, 5.41) is 0. The second-order valence-corrected chi connectivity index (χ2v) is 5.89. The van der Waals surface area contributed by atoms with Crippen LogP contribution in [0.1, 0.15) is 19.7 Å². The minimum atomic E-state index is 0.164. The van der Waals surface area contributed by atoms with Gasteiger partial charge in [-0.3, -0.25) is 9.69 Å². The van der Waals surface area contributed by atoms with Crippen molar-refractivity contribution in [3.05, 3.63) is 30.1 Å². The van der Waals surface area contributed by atoms with Gasteiger partial charge in [0.05, 0.1) is 17.5 Å². The van der Waals surface area contributed by atoms with Crippen LogP contribution in [0, 0.1) is 0 Å². The highest BCUT2D eigenvalue weighted by molar-refractivity contribution is 5.80. The number of hydrogen-bond acceptors (Lipinski definition) is 3. The van der Waals surface area contributed by atoms with Crippen molar-refractivity contribution in [1.29, 1.82) is 0 Å². The largest absolute Gasteiger partial charge is 0.342 e. The molecule has 5 heteroatoms. The van der Waals surface area contributed by atoms with Crippen molar-refractivity contribution in [2.45, 2.75) is 26.3 Å². The van der Waals surface area contributed by atoms with Crippen molar-refractivity contribution in [3.63, 3.8) is 0 Å². The zero-order chi connectivity index (χ0) is 14.8. The molecule has 1 amide bonds. The van der Waals surface area contributed by atoms with Crippen molar-refractivity contribution >= 4 is 16.9 Å². The van der Waals surface area contributed by atoms with Crippen LogP contribution in [0.2, 0.25) is 0 Å². The molecule has 1 N–H and O–H groups in total. The lowest BCUT2D eigenvalue weighted by atomic mass is 10.2. The first-order valence-corrected chi connectivity index (χ1v) is 7.59. The number of nitrogens with zero attached hydrogens (tertiary/aromatic N) is 3. The first kappa shape index (κ1) is 14.1. The standard InChI is InChI=1S/C16H22N4O/c1-12(2)19-7-9-20(10-8-19)16(21)11-15-17-13-5-3-4-6-14(13)18-15/h3-6,12H,7-11H2,1-2H3,(H,17,18). The third kappa shape index (κ3) is 3.08. The highest BCUT2D eigenvalue weighted by atomic mass is 16.2. The quantitative estimate of drug-likeness (QED) is 0.933. The first-order valence-electron chi connectivity index (χ1n) is 7.59. The number of imidazole rings is 1. The summed E-state index contributed by atoms with van der Waals surface area (Å²) >= 11 is 0. The molecular formula is C16H22N4O. The zero-order valence-corrected chi connectivity index (χ0v) is 12.7. The average Bonchev–Trinajstić information content (AvgIpc) is 2.89. The van der Waals surface area contributed by atoms with Crippen molar-refractivity contribution in [2.24, 2.45) is 0 Å². The van der Waals surface area contributed by atoms with Crippen molar-refractivity contribution < 1.29 is 4.79 Å². The van der Waals surface area contributed by atoms with Gasteiger partial charge in [0.1, 0.15) is 5.82 Å². The maximum Gasteiger partial charge on any atom is 0.230 e. The average molecular weight is 286 g/mol. The minimum Gasteiger partial charge on any atom is -0.342 e. The number of benzene rings is 1. The van der Waals surface area contributed by atoms with E-state index >= 15 is 0 Å². The number of hydrogen-bond donors (Lipinski definition) is 1.